The lowest BCUT2D eigenvalue weighted by atomic mass is 10.1. The highest BCUT2D eigenvalue weighted by Gasteiger charge is 2.05. The maximum atomic E-state index is 8.62. The number of hydrogen-bond donors (Lipinski definition) is 2. The van der Waals surface area contributed by atoms with E-state index in [4.69, 9.17) is 5.21 Å². The molecule has 2 aromatic rings. The number of aromatic nitrogens is 2. The van der Waals surface area contributed by atoms with Crippen LogP contribution in [0.5, 0.6) is 0 Å². The van der Waals surface area contributed by atoms with Gasteiger partial charge in [-0.25, -0.2) is 0 Å². The Morgan fingerprint density at radius 1 is 1.62 bits per heavy atom. The van der Waals surface area contributed by atoms with E-state index in [0.29, 0.717) is 5.71 Å². The van der Waals surface area contributed by atoms with Crippen LogP contribution in [0.25, 0.3) is 10.9 Å². The average molecular weight is 175 g/mol. The number of fused-ring (bicyclic) bond motifs is 1. The molecule has 0 bridgehead atoms. The monoisotopic (exact) mass is 175 g/mol. The fourth-order valence-electron chi connectivity index (χ4n) is 1.33. The van der Waals surface area contributed by atoms with Crippen molar-refractivity contribution < 1.29 is 5.21 Å². The van der Waals surface area contributed by atoms with E-state index in [-0.39, 0.29) is 0 Å². The molecule has 0 spiro atoms. The zero-order valence-electron chi connectivity index (χ0n) is 7.15. The van der Waals surface area contributed by atoms with Crippen LogP contribution >= 0.6 is 0 Å². The summed E-state index contributed by atoms with van der Waals surface area (Å²) in [6.45, 7) is 1.75. The van der Waals surface area contributed by atoms with Crippen molar-refractivity contribution in [2.75, 3.05) is 0 Å². The largest absolute Gasteiger partial charge is 0.411 e. The highest BCUT2D eigenvalue weighted by Crippen LogP contribution is 2.16. The molecule has 2 rings (SSSR count). The van der Waals surface area contributed by atoms with Gasteiger partial charge in [-0.2, -0.15) is 0 Å². The molecule has 2 aromatic heterocycles. The van der Waals surface area contributed by atoms with E-state index in [1.807, 2.05) is 6.07 Å². The summed E-state index contributed by atoms with van der Waals surface area (Å²) in [6.07, 6.45) is 5.26. The summed E-state index contributed by atoms with van der Waals surface area (Å²) in [5, 5.41) is 12.8. The lowest BCUT2D eigenvalue weighted by Gasteiger charge is -1.93. The fourth-order valence-corrected chi connectivity index (χ4v) is 1.33. The summed E-state index contributed by atoms with van der Waals surface area (Å²) in [6, 6.07) is 1.88. The molecule has 4 heteroatoms. The fraction of sp³-hybridized carbons (Fsp3) is 0.111. The van der Waals surface area contributed by atoms with Crippen LogP contribution in [0.3, 0.4) is 0 Å². The zero-order valence-corrected chi connectivity index (χ0v) is 7.15. The molecule has 2 heterocycles. The van der Waals surface area contributed by atoms with E-state index in [0.717, 1.165) is 16.5 Å². The maximum Gasteiger partial charge on any atom is 0.0858 e. The molecule has 0 saturated heterocycles. The Morgan fingerprint density at radius 3 is 3.23 bits per heavy atom. The standard InChI is InChI=1S/C9H9N3O/c1-6(12-13)8-4-11-9-5-10-3-2-7(8)9/h2-5,11,13H,1H3/b12-6-. The minimum absolute atomic E-state index is 0.595. The van der Waals surface area contributed by atoms with Crippen LogP contribution < -0.4 is 0 Å². The molecule has 0 aliphatic heterocycles. The molecule has 0 amide bonds. The third-order valence-electron chi connectivity index (χ3n) is 2.02. The third kappa shape index (κ3) is 1.16. The predicted octanol–water partition coefficient (Wildman–Crippen LogP) is 1.76. The van der Waals surface area contributed by atoms with Gasteiger partial charge in [0.25, 0.3) is 0 Å². The lowest BCUT2D eigenvalue weighted by Crippen LogP contribution is -1.91. The first-order valence-corrected chi connectivity index (χ1v) is 3.93. The van der Waals surface area contributed by atoms with E-state index >= 15 is 0 Å². The molecule has 66 valence electrons. The second-order valence-corrected chi connectivity index (χ2v) is 2.81. The number of rotatable bonds is 1. The van der Waals surface area contributed by atoms with E-state index < -0.39 is 0 Å². The van der Waals surface area contributed by atoms with Gasteiger partial charge in [0, 0.05) is 23.3 Å². The molecule has 0 radical (unpaired) electrons. The molecule has 13 heavy (non-hydrogen) atoms. The van der Waals surface area contributed by atoms with Gasteiger partial charge in [-0.1, -0.05) is 5.16 Å². The van der Waals surface area contributed by atoms with Crippen LogP contribution in [-0.4, -0.2) is 20.9 Å². The van der Waals surface area contributed by atoms with Crippen molar-refractivity contribution in [3.63, 3.8) is 0 Å². The summed E-state index contributed by atoms with van der Waals surface area (Å²) >= 11 is 0. The Morgan fingerprint density at radius 2 is 2.46 bits per heavy atom. The highest BCUT2D eigenvalue weighted by atomic mass is 16.4. The number of aromatic amines is 1. The van der Waals surface area contributed by atoms with E-state index in [2.05, 4.69) is 15.1 Å². The van der Waals surface area contributed by atoms with Gasteiger partial charge >= 0.3 is 0 Å². The van der Waals surface area contributed by atoms with Gasteiger partial charge in [0.1, 0.15) is 0 Å². The zero-order chi connectivity index (χ0) is 9.26. The minimum Gasteiger partial charge on any atom is -0.411 e. The second-order valence-electron chi connectivity index (χ2n) is 2.81. The Labute approximate surface area is 74.9 Å². The normalized spacial score (nSPS) is 12.2. The highest BCUT2D eigenvalue weighted by molar-refractivity contribution is 6.09. The van der Waals surface area contributed by atoms with Crippen molar-refractivity contribution >= 4 is 16.6 Å². The first-order chi connectivity index (χ1) is 6.33. The smallest absolute Gasteiger partial charge is 0.0858 e. The summed E-state index contributed by atoms with van der Waals surface area (Å²) in [7, 11) is 0. The number of nitrogens with one attached hydrogen (secondary N) is 1. The molecule has 0 aliphatic rings. The van der Waals surface area contributed by atoms with Crippen molar-refractivity contribution in [3.05, 3.63) is 30.2 Å². The first kappa shape index (κ1) is 7.79. The topological polar surface area (TPSA) is 61.3 Å². The van der Waals surface area contributed by atoms with Crippen LogP contribution in [-0.2, 0) is 0 Å². The SMILES string of the molecule is C/C(=N/O)c1c[nH]c2cnccc12. The second kappa shape index (κ2) is 2.90. The number of hydrogen-bond acceptors (Lipinski definition) is 3. The molecule has 4 nitrogen and oxygen atoms in total. The number of oxime groups is 1. The van der Waals surface area contributed by atoms with Gasteiger partial charge in [-0.05, 0) is 13.0 Å². The van der Waals surface area contributed by atoms with Crippen molar-refractivity contribution in [1.29, 1.82) is 0 Å². The van der Waals surface area contributed by atoms with E-state index in [1.54, 1.807) is 25.5 Å². The lowest BCUT2D eigenvalue weighted by molar-refractivity contribution is 0.319. The molecule has 0 saturated carbocycles. The summed E-state index contributed by atoms with van der Waals surface area (Å²) in [4.78, 5) is 7.03. The number of H-pyrrole nitrogens is 1. The van der Waals surface area contributed by atoms with Crippen molar-refractivity contribution in [2.45, 2.75) is 6.92 Å². The molecular formula is C9H9N3O. The van der Waals surface area contributed by atoms with Crippen molar-refractivity contribution in [2.24, 2.45) is 5.16 Å². The Bertz CT molecular complexity index is 459. The van der Waals surface area contributed by atoms with Crippen molar-refractivity contribution in [3.8, 4) is 0 Å². The van der Waals surface area contributed by atoms with Crippen LogP contribution in [0, 0.1) is 0 Å². The number of nitrogens with zero attached hydrogens (tertiary/aromatic N) is 2. The Balaban J connectivity index is 2.71. The van der Waals surface area contributed by atoms with Gasteiger partial charge < -0.3 is 10.2 Å². The number of pyridine rings is 1. The predicted molar refractivity (Wildman–Crippen MR) is 50.1 cm³/mol. The maximum absolute atomic E-state index is 8.62. The van der Waals surface area contributed by atoms with Crippen LogP contribution in [0.2, 0.25) is 0 Å². The van der Waals surface area contributed by atoms with Gasteiger partial charge in [-0.15, -0.1) is 0 Å². The van der Waals surface area contributed by atoms with Crippen LogP contribution in [0.4, 0.5) is 0 Å². The minimum atomic E-state index is 0.595. The summed E-state index contributed by atoms with van der Waals surface area (Å²) in [5.41, 5.74) is 2.44. The molecule has 0 atom stereocenters. The van der Waals surface area contributed by atoms with Crippen molar-refractivity contribution in [1.82, 2.24) is 9.97 Å². The average Bonchev–Trinajstić information content (AvgIpc) is 2.60. The molecule has 0 aliphatic carbocycles. The summed E-state index contributed by atoms with van der Waals surface area (Å²) < 4.78 is 0. The molecule has 0 fully saturated rings. The molecule has 0 unspecified atom stereocenters. The van der Waals surface area contributed by atoms with Gasteiger partial charge in [0.15, 0.2) is 0 Å². The molecule has 2 N–H and O–H groups in total. The Kier molecular flexibility index (Phi) is 1.73. The van der Waals surface area contributed by atoms with Gasteiger partial charge in [0.05, 0.1) is 17.4 Å². The van der Waals surface area contributed by atoms with Gasteiger partial charge in [-0.3, -0.25) is 4.98 Å². The van der Waals surface area contributed by atoms with E-state index in [1.165, 1.54) is 0 Å². The van der Waals surface area contributed by atoms with Crippen LogP contribution in [0.1, 0.15) is 12.5 Å². The third-order valence-corrected chi connectivity index (χ3v) is 2.02. The van der Waals surface area contributed by atoms with E-state index in [9.17, 15) is 0 Å². The van der Waals surface area contributed by atoms with Crippen LogP contribution in [0.15, 0.2) is 29.8 Å². The Hall–Kier alpha value is -1.84. The first-order valence-electron chi connectivity index (χ1n) is 3.93. The quantitative estimate of drug-likeness (QED) is 0.394. The molecular weight excluding hydrogens is 166 g/mol. The van der Waals surface area contributed by atoms with Gasteiger partial charge in [0.2, 0.25) is 0 Å². The molecule has 0 aromatic carbocycles. The summed E-state index contributed by atoms with van der Waals surface area (Å²) in [5.74, 6) is 0.